The minimum atomic E-state index is -0.210. The zero-order chi connectivity index (χ0) is 26.3. The second-order valence-electron chi connectivity index (χ2n) is 10.0. The van der Waals surface area contributed by atoms with E-state index in [0.29, 0.717) is 18.1 Å². The standard InChI is InChI=1S/C27H35N7O4/c1-20-9-10-24(38-20)27-29-31-34(30-27)19-26(36)33(18-25(35)28-16-23-8-5-15-37-23)22-11-13-32(14-12-22)17-21-6-3-2-4-7-21/h2-4,6-7,9-10,22-23H,5,8,11-19H2,1H3,(H,28,35). The number of furan rings is 1. The van der Waals surface area contributed by atoms with Crippen LogP contribution in [0, 0.1) is 6.92 Å². The maximum absolute atomic E-state index is 13.5. The minimum absolute atomic E-state index is 0.00611. The molecule has 2 aromatic heterocycles. The number of nitrogens with zero attached hydrogens (tertiary/aromatic N) is 6. The average molecular weight is 522 g/mol. The smallest absolute Gasteiger partial charge is 0.246 e. The molecule has 2 aliphatic heterocycles. The van der Waals surface area contributed by atoms with E-state index >= 15 is 0 Å². The molecule has 5 rings (SSSR count). The lowest BCUT2D eigenvalue weighted by atomic mass is 10.0. The van der Waals surface area contributed by atoms with Crippen molar-refractivity contribution >= 4 is 11.8 Å². The molecule has 38 heavy (non-hydrogen) atoms. The number of nitrogens with one attached hydrogen (secondary N) is 1. The minimum Gasteiger partial charge on any atom is -0.458 e. The third-order valence-electron chi connectivity index (χ3n) is 7.12. The number of hydrogen-bond acceptors (Lipinski definition) is 8. The number of tetrazole rings is 1. The molecule has 11 nitrogen and oxygen atoms in total. The highest BCUT2D eigenvalue weighted by Gasteiger charge is 2.30. The fourth-order valence-corrected chi connectivity index (χ4v) is 5.07. The number of carbonyl (C=O) groups excluding carboxylic acids is 2. The third kappa shape index (κ3) is 6.84. The molecule has 3 aromatic rings. The van der Waals surface area contributed by atoms with Crippen LogP contribution in [0.3, 0.4) is 0 Å². The lowest BCUT2D eigenvalue weighted by molar-refractivity contribution is -0.140. The number of carbonyl (C=O) groups is 2. The number of hydrogen-bond donors (Lipinski definition) is 1. The summed E-state index contributed by atoms with van der Waals surface area (Å²) in [5.41, 5.74) is 1.27. The molecule has 2 saturated heterocycles. The van der Waals surface area contributed by atoms with Crippen LogP contribution < -0.4 is 5.32 Å². The summed E-state index contributed by atoms with van der Waals surface area (Å²) < 4.78 is 11.2. The number of aryl methyl sites for hydroxylation is 1. The van der Waals surface area contributed by atoms with Gasteiger partial charge in [0.25, 0.3) is 0 Å². The second-order valence-corrected chi connectivity index (χ2v) is 10.0. The van der Waals surface area contributed by atoms with Gasteiger partial charge < -0.3 is 19.4 Å². The number of rotatable bonds is 10. The topological polar surface area (TPSA) is 119 Å². The van der Waals surface area contributed by atoms with Gasteiger partial charge in [-0.1, -0.05) is 30.3 Å². The van der Waals surface area contributed by atoms with Crippen molar-refractivity contribution < 1.29 is 18.7 Å². The van der Waals surface area contributed by atoms with E-state index in [9.17, 15) is 9.59 Å². The van der Waals surface area contributed by atoms with Gasteiger partial charge in [0.2, 0.25) is 17.6 Å². The van der Waals surface area contributed by atoms with E-state index in [4.69, 9.17) is 9.15 Å². The Morgan fingerprint density at radius 1 is 1.11 bits per heavy atom. The predicted molar refractivity (Wildman–Crippen MR) is 139 cm³/mol. The molecule has 1 aromatic carbocycles. The van der Waals surface area contributed by atoms with E-state index in [1.165, 1.54) is 10.4 Å². The molecule has 1 unspecified atom stereocenters. The molecule has 1 N–H and O–H groups in total. The lowest BCUT2D eigenvalue weighted by Crippen LogP contribution is -2.52. The zero-order valence-corrected chi connectivity index (χ0v) is 21.8. The molecule has 1 atom stereocenters. The third-order valence-corrected chi connectivity index (χ3v) is 7.12. The molecule has 2 aliphatic rings. The maximum Gasteiger partial charge on any atom is 0.246 e. The first-order chi connectivity index (χ1) is 18.5. The maximum atomic E-state index is 13.5. The molecule has 0 saturated carbocycles. The van der Waals surface area contributed by atoms with Crippen molar-refractivity contribution in [3.63, 3.8) is 0 Å². The molecule has 0 aliphatic carbocycles. The van der Waals surface area contributed by atoms with Crippen molar-refractivity contribution in [2.24, 2.45) is 0 Å². The van der Waals surface area contributed by atoms with Gasteiger partial charge in [-0.15, -0.1) is 10.2 Å². The SMILES string of the molecule is Cc1ccc(-c2nnn(CC(=O)N(CC(=O)NCC3CCCO3)C3CCN(Cc4ccccc4)CC3)n2)o1. The van der Waals surface area contributed by atoms with Crippen molar-refractivity contribution in [2.75, 3.05) is 32.8 Å². The molecule has 0 bridgehead atoms. The number of likely N-dealkylation sites (tertiary alicyclic amines) is 1. The Bertz CT molecular complexity index is 1200. The number of piperidine rings is 1. The van der Waals surface area contributed by atoms with Crippen LogP contribution in [-0.4, -0.2) is 86.8 Å². The number of aromatic nitrogens is 4. The summed E-state index contributed by atoms with van der Waals surface area (Å²) >= 11 is 0. The van der Waals surface area contributed by atoms with Crippen LogP contribution in [0.4, 0.5) is 0 Å². The normalized spacial score (nSPS) is 18.5. The summed E-state index contributed by atoms with van der Waals surface area (Å²) in [6.45, 7) is 5.51. The van der Waals surface area contributed by atoms with Crippen LogP contribution in [0.2, 0.25) is 0 Å². The van der Waals surface area contributed by atoms with Crippen molar-refractivity contribution in [3.8, 4) is 11.6 Å². The molecule has 0 radical (unpaired) electrons. The average Bonchev–Trinajstić information content (AvgIpc) is 3.70. The van der Waals surface area contributed by atoms with Crippen molar-refractivity contribution in [1.82, 2.24) is 35.3 Å². The monoisotopic (exact) mass is 521 g/mol. The van der Waals surface area contributed by atoms with Crippen LogP contribution in [0.5, 0.6) is 0 Å². The van der Waals surface area contributed by atoms with Crippen LogP contribution in [0.1, 0.15) is 37.0 Å². The first-order valence-corrected chi connectivity index (χ1v) is 13.3. The molecular weight excluding hydrogens is 486 g/mol. The van der Waals surface area contributed by atoms with Gasteiger partial charge in [-0.2, -0.15) is 4.80 Å². The number of benzene rings is 1. The van der Waals surface area contributed by atoms with Gasteiger partial charge in [0.15, 0.2) is 5.76 Å². The predicted octanol–water partition coefficient (Wildman–Crippen LogP) is 2.03. The molecule has 4 heterocycles. The lowest BCUT2D eigenvalue weighted by Gasteiger charge is -2.38. The highest BCUT2D eigenvalue weighted by molar-refractivity contribution is 5.85. The van der Waals surface area contributed by atoms with Gasteiger partial charge >= 0.3 is 0 Å². The summed E-state index contributed by atoms with van der Waals surface area (Å²) in [4.78, 5) is 31.7. The molecule has 2 fully saturated rings. The first-order valence-electron chi connectivity index (χ1n) is 13.3. The summed E-state index contributed by atoms with van der Waals surface area (Å²) in [6, 6.07) is 13.9. The van der Waals surface area contributed by atoms with E-state index in [1.807, 2.05) is 31.2 Å². The van der Waals surface area contributed by atoms with Gasteiger partial charge in [-0.25, -0.2) is 0 Å². The van der Waals surface area contributed by atoms with Crippen LogP contribution in [0.25, 0.3) is 11.6 Å². The fourth-order valence-electron chi connectivity index (χ4n) is 5.07. The van der Waals surface area contributed by atoms with Gasteiger partial charge in [0.05, 0.1) is 12.6 Å². The Kier molecular flexibility index (Phi) is 8.44. The van der Waals surface area contributed by atoms with E-state index < -0.39 is 0 Å². The van der Waals surface area contributed by atoms with E-state index in [2.05, 4.69) is 37.8 Å². The van der Waals surface area contributed by atoms with Crippen molar-refractivity contribution in [2.45, 2.75) is 57.8 Å². The summed E-state index contributed by atoms with van der Waals surface area (Å²) in [5, 5.41) is 15.3. The van der Waals surface area contributed by atoms with Gasteiger partial charge in [-0.3, -0.25) is 14.5 Å². The van der Waals surface area contributed by atoms with Crippen molar-refractivity contribution in [1.29, 1.82) is 0 Å². The molecule has 202 valence electrons. The van der Waals surface area contributed by atoms with Crippen LogP contribution in [-0.2, 0) is 27.4 Å². The summed E-state index contributed by atoms with van der Waals surface area (Å²) in [7, 11) is 0. The highest BCUT2D eigenvalue weighted by atomic mass is 16.5. The first kappa shape index (κ1) is 26.1. The van der Waals surface area contributed by atoms with E-state index in [1.54, 1.807) is 11.0 Å². The Morgan fingerprint density at radius 3 is 2.63 bits per heavy atom. The fraction of sp³-hybridized carbons (Fsp3) is 0.519. The van der Waals surface area contributed by atoms with Crippen LogP contribution >= 0.6 is 0 Å². The second kappa shape index (κ2) is 12.3. The quantitative estimate of drug-likeness (QED) is 0.431. The number of ether oxygens (including phenoxy) is 1. The van der Waals surface area contributed by atoms with Gasteiger partial charge in [0, 0.05) is 38.8 Å². The van der Waals surface area contributed by atoms with Gasteiger partial charge in [-0.05, 0) is 55.5 Å². The van der Waals surface area contributed by atoms with E-state index in [0.717, 1.165) is 57.7 Å². The Labute approximate surface area is 222 Å². The molecule has 11 heteroatoms. The summed E-state index contributed by atoms with van der Waals surface area (Å²) in [5.74, 6) is 1.17. The zero-order valence-electron chi connectivity index (χ0n) is 21.8. The molecule has 2 amide bonds. The van der Waals surface area contributed by atoms with E-state index in [-0.39, 0.29) is 37.0 Å². The molecule has 0 spiro atoms. The Balaban J connectivity index is 1.22. The largest absolute Gasteiger partial charge is 0.458 e. The molecular formula is C27H35N7O4. The highest BCUT2D eigenvalue weighted by Crippen LogP contribution is 2.20. The Morgan fingerprint density at radius 2 is 1.92 bits per heavy atom. The van der Waals surface area contributed by atoms with Crippen LogP contribution in [0.15, 0.2) is 46.9 Å². The van der Waals surface area contributed by atoms with Crippen molar-refractivity contribution in [3.05, 3.63) is 53.8 Å². The Hall–Kier alpha value is -3.57. The van der Waals surface area contributed by atoms with Gasteiger partial charge in [0.1, 0.15) is 12.3 Å². The summed E-state index contributed by atoms with van der Waals surface area (Å²) in [6.07, 6.45) is 3.58. The number of amides is 2.